The fraction of sp³-hybridized carbons (Fsp3) is 0.286. The summed E-state index contributed by atoms with van der Waals surface area (Å²) in [5.74, 6) is 0. The topological polar surface area (TPSA) is 18.5 Å². The molecule has 0 bridgehead atoms. The average molecular weight is 302 g/mol. The Hall–Kier alpha value is 0.656. The van der Waals surface area contributed by atoms with Crippen LogP contribution < -0.4 is 0 Å². The molecule has 96 valence electrons. The van der Waals surface area contributed by atoms with E-state index in [9.17, 15) is 0 Å². The molecule has 2 fully saturated rings. The maximum atomic E-state index is 6.08. The van der Waals surface area contributed by atoms with Gasteiger partial charge in [0, 0.05) is 24.3 Å². The van der Waals surface area contributed by atoms with Crippen LogP contribution in [0.1, 0.15) is 13.8 Å². The predicted octanol–water partition coefficient (Wildman–Crippen LogP) is 2.39. The van der Waals surface area contributed by atoms with Crippen LogP contribution in [-0.4, -0.2) is 21.8 Å². The summed E-state index contributed by atoms with van der Waals surface area (Å²) < 4.78 is 12.2. The standard InChI is InChI=1S/C14H18O2Si.Fe/c1-3-15-17(16-4-2,13-9-5-6-10-13)14-11-7-8-12-14;/h5-12H,3-4H2,1-2H3;/q;+2. The first-order valence-electron chi connectivity index (χ1n) is 6.05. The van der Waals surface area contributed by atoms with Crippen LogP contribution in [0.15, 0.2) is 0 Å². The van der Waals surface area contributed by atoms with Gasteiger partial charge in [0.2, 0.25) is 0 Å². The first-order chi connectivity index (χ1) is 8.33. The molecular formula is C14H18FeO2Si+2. The molecule has 2 nitrogen and oxygen atoms in total. The van der Waals surface area contributed by atoms with E-state index in [1.807, 2.05) is 39.5 Å². The summed E-state index contributed by atoms with van der Waals surface area (Å²) in [5, 5.41) is 0. The van der Waals surface area contributed by atoms with Crippen LogP contribution in [0.5, 0.6) is 0 Å². The third kappa shape index (κ3) is 3.40. The van der Waals surface area contributed by atoms with Crippen molar-refractivity contribution in [2.75, 3.05) is 13.2 Å². The third-order valence-electron chi connectivity index (χ3n) is 2.78. The molecule has 2 rings (SSSR count). The second kappa shape index (κ2) is 8.06. The Morgan fingerprint density at radius 3 is 1.39 bits per heavy atom. The molecule has 0 aromatic heterocycles. The summed E-state index contributed by atoms with van der Waals surface area (Å²) in [4.78, 5) is 0. The van der Waals surface area contributed by atoms with E-state index in [0.717, 1.165) is 0 Å². The first kappa shape index (κ1) is 16.7. The van der Waals surface area contributed by atoms with Gasteiger partial charge in [0.15, 0.2) is 0 Å². The zero-order valence-electron chi connectivity index (χ0n) is 10.7. The van der Waals surface area contributed by atoms with Crippen molar-refractivity contribution in [3.8, 4) is 0 Å². The van der Waals surface area contributed by atoms with E-state index < -0.39 is 8.56 Å². The van der Waals surface area contributed by atoms with E-state index >= 15 is 0 Å². The summed E-state index contributed by atoms with van der Waals surface area (Å²) in [6, 6.07) is 0. The van der Waals surface area contributed by atoms with Gasteiger partial charge in [-0.05, 0) is 65.2 Å². The van der Waals surface area contributed by atoms with Crippen LogP contribution in [0, 0.1) is 62.4 Å². The van der Waals surface area contributed by atoms with Crippen molar-refractivity contribution in [2.24, 2.45) is 0 Å². The Bertz CT molecular complexity index is 202. The third-order valence-corrected chi connectivity index (χ3v) is 6.36. The molecule has 2 aliphatic rings. The Morgan fingerprint density at radius 2 is 1.11 bits per heavy atom. The molecule has 4 heteroatoms. The molecule has 0 amide bonds. The first-order valence-corrected chi connectivity index (χ1v) is 7.87. The van der Waals surface area contributed by atoms with Gasteiger partial charge in [-0.25, -0.2) is 0 Å². The zero-order valence-corrected chi connectivity index (χ0v) is 12.8. The minimum atomic E-state index is -2.44. The number of hydrogen-bond donors (Lipinski definition) is 0. The van der Waals surface area contributed by atoms with Crippen LogP contribution in [0.25, 0.3) is 0 Å². The van der Waals surface area contributed by atoms with Crippen molar-refractivity contribution in [3.63, 3.8) is 0 Å². The smallest absolute Gasteiger partial charge is 0.394 e. The largest absolute Gasteiger partial charge is 2.00 e. The van der Waals surface area contributed by atoms with Crippen molar-refractivity contribution < 1.29 is 25.9 Å². The molecule has 0 N–H and O–H groups in total. The van der Waals surface area contributed by atoms with E-state index in [0.29, 0.717) is 13.2 Å². The van der Waals surface area contributed by atoms with Crippen LogP contribution in [0.2, 0.25) is 0 Å². The molecule has 0 saturated heterocycles. The van der Waals surface area contributed by atoms with Gasteiger partial charge >= 0.3 is 25.6 Å². The van der Waals surface area contributed by atoms with E-state index in [4.69, 9.17) is 8.85 Å². The predicted molar refractivity (Wildman–Crippen MR) is 69.9 cm³/mol. The molecule has 0 aromatic carbocycles. The van der Waals surface area contributed by atoms with Gasteiger partial charge in [-0.2, -0.15) is 0 Å². The maximum absolute atomic E-state index is 6.08. The van der Waals surface area contributed by atoms with Gasteiger partial charge in [-0.1, -0.05) is 0 Å². The SMILES string of the molecule is CCO[Si](OCC)([C]1[CH][CH][CH][CH]1)[C]1[CH][CH][CH][CH]1.[Fe+2]. The molecular weight excluding hydrogens is 284 g/mol. The van der Waals surface area contributed by atoms with Crippen molar-refractivity contribution in [1.29, 1.82) is 0 Å². The van der Waals surface area contributed by atoms with Crippen LogP contribution in [0.4, 0.5) is 0 Å². The van der Waals surface area contributed by atoms with Crippen molar-refractivity contribution >= 4 is 8.56 Å². The zero-order chi connectivity index (χ0) is 12.1. The van der Waals surface area contributed by atoms with Crippen molar-refractivity contribution in [3.05, 3.63) is 62.4 Å². The second-order valence-electron chi connectivity index (χ2n) is 3.83. The maximum Gasteiger partial charge on any atom is 2.00 e. The van der Waals surface area contributed by atoms with Gasteiger partial charge in [0.05, 0.1) is 0 Å². The summed E-state index contributed by atoms with van der Waals surface area (Å²) >= 11 is 0. The van der Waals surface area contributed by atoms with E-state index in [1.54, 1.807) is 0 Å². The molecule has 2 aliphatic carbocycles. The fourth-order valence-electron chi connectivity index (χ4n) is 2.14. The molecule has 0 aromatic rings. The van der Waals surface area contributed by atoms with Gasteiger partial charge in [0.1, 0.15) is 0 Å². The molecule has 0 unspecified atom stereocenters. The van der Waals surface area contributed by atoms with Gasteiger partial charge < -0.3 is 8.85 Å². The molecule has 10 radical (unpaired) electrons. The monoisotopic (exact) mass is 302 g/mol. The van der Waals surface area contributed by atoms with E-state index in [-0.39, 0.29) is 17.1 Å². The second-order valence-corrected chi connectivity index (χ2v) is 6.79. The van der Waals surface area contributed by atoms with Crippen molar-refractivity contribution in [2.45, 2.75) is 13.8 Å². The molecule has 0 atom stereocenters. The number of rotatable bonds is 6. The normalized spacial score (nSPS) is 22.3. The Kier molecular flexibility index (Phi) is 7.48. The van der Waals surface area contributed by atoms with Gasteiger partial charge in [-0.15, -0.1) is 0 Å². The van der Waals surface area contributed by atoms with Crippen LogP contribution in [-0.2, 0) is 25.9 Å². The Morgan fingerprint density at radius 1 is 0.778 bits per heavy atom. The van der Waals surface area contributed by atoms with E-state index in [2.05, 4.69) is 25.7 Å². The minimum absolute atomic E-state index is 0. The minimum Gasteiger partial charge on any atom is -0.394 e. The molecule has 0 heterocycles. The van der Waals surface area contributed by atoms with Crippen LogP contribution in [0.3, 0.4) is 0 Å². The summed E-state index contributed by atoms with van der Waals surface area (Å²) in [6.07, 6.45) is 16.6. The Balaban J connectivity index is 0.00000162. The van der Waals surface area contributed by atoms with Gasteiger partial charge in [-0.3, -0.25) is 0 Å². The van der Waals surface area contributed by atoms with Crippen LogP contribution >= 0.6 is 0 Å². The van der Waals surface area contributed by atoms with Gasteiger partial charge in [0.25, 0.3) is 0 Å². The number of hydrogen-bond acceptors (Lipinski definition) is 2. The average Bonchev–Trinajstić information content (AvgIpc) is 3.02. The fourth-order valence-corrected chi connectivity index (χ4v) is 5.29. The summed E-state index contributed by atoms with van der Waals surface area (Å²) in [5.41, 5.74) is 2.37. The molecule has 0 spiro atoms. The molecule has 2 saturated carbocycles. The van der Waals surface area contributed by atoms with E-state index in [1.165, 1.54) is 11.1 Å². The summed E-state index contributed by atoms with van der Waals surface area (Å²) in [7, 11) is -2.44. The van der Waals surface area contributed by atoms with Crippen molar-refractivity contribution in [1.82, 2.24) is 0 Å². The Labute approximate surface area is 124 Å². The molecule has 18 heavy (non-hydrogen) atoms. The quantitative estimate of drug-likeness (QED) is 0.701. The summed E-state index contributed by atoms with van der Waals surface area (Å²) in [6.45, 7) is 5.38. The molecule has 0 aliphatic heterocycles.